The Balaban J connectivity index is 0.000000172. The third-order valence-corrected chi connectivity index (χ3v) is 6.12. The zero-order valence-electron chi connectivity index (χ0n) is 18.9. The van der Waals surface area contributed by atoms with Gasteiger partial charge in [-0.05, 0) is 73.0 Å². The summed E-state index contributed by atoms with van der Waals surface area (Å²) in [7, 11) is 0. The van der Waals surface area contributed by atoms with Crippen molar-refractivity contribution in [2.75, 3.05) is 10.6 Å². The van der Waals surface area contributed by atoms with Crippen molar-refractivity contribution < 1.29 is 19.1 Å². The molecule has 170 valence electrons. The lowest BCUT2D eigenvalue weighted by atomic mass is 9.97. The Morgan fingerprint density at radius 2 is 1.33 bits per heavy atom. The molecule has 2 atom stereocenters. The van der Waals surface area contributed by atoms with Gasteiger partial charge in [0.05, 0.1) is 15.8 Å². The molecule has 2 amide bonds. The molecule has 7 heteroatoms. The van der Waals surface area contributed by atoms with E-state index in [1.807, 2.05) is 36.4 Å². The molecule has 6 nitrogen and oxygen atoms in total. The smallest absolute Gasteiger partial charge is 0.265 e. The van der Waals surface area contributed by atoms with E-state index in [-0.39, 0.29) is 11.8 Å². The summed E-state index contributed by atoms with van der Waals surface area (Å²) >= 11 is 3.35. The molecule has 0 aliphatic carbocycles. The number of para-hydroxylation sites is 2. The van der Waals surface area contributed by atoms with Gasteiger partial charge in [0.1, 0.15) is 0 Å². The van der Waals surface area contributed by atoms with E-state index in [1.165, 1.54) is 11.1 Å². The number of fused-ring (bicyclic) bond motifs is 2. The minimum Gasteiger partial charge on any atom is -0.478 e. The first-order valence-corrected chi connectivity index (χ1v) is 11.5. The number of nitrogens with one attached hydrogen (secondary N) is 2. The molecule has 0 saturated heterocycles. The predicted octanol–water partition coefficient (Wildman–Crippen LogP) is 5.86. The number of ether oxygens (including phenoxy) is 2. The van der Waals surface area contributed by atoms with Crippen molar-refractivity contribution in [3.8, 4) is 22.6 Å². The Morgan fingerprint density at radius 3 is 1.97 bits per heavy atom. The average Bonchev–Trinajstić information content (AvgIpc) is 2.77. The van der Waals surface area contributed by atoms with Gasteiger partial charge in [-0.2, -0.15) is 0 Å². The minimum absolute atomic E-state index is 0.102. The fourth-order valence-electron chi connectivity index (χ4n) is 3.75. The SMILES string of the molecule is CC1Oc2c(Br)cccc2NC1=O.Cc1ccc(-c2cccc3c2OC(C)C(=O)N3)c(C)c1. The quantitative estimate of drug-likeness (QED) is 0.431. The molecule has 0 aromatic heterocycles. The summed E-state index contributed by atoms with van der Waals surface area (Å²) in [5, 5.41) is 5.64. The van der Waals surface area contributed by atoms with E-state index in [4.69, 9.17) is 9.47 Å². The van der Waals surface area contributed by atoms with Crippen molar-refractivity contribution in [3.63, 3.8) is 0 Å². The van der Waals surface area contributed by atoms with Crippen LogP contribution in [0.2, 0.25) is 0 Å². The normalized spacial score (nSPS) is 18.3. The van der Waals surface area contributed by atoms with Crippen LogP contribution in [0.3, 0.4) is 0 Å². The molecule has 0 fully saturated rings. The van der Waals surface area contributed by atoms with Gasteiger partial charge in [-0.3, -0.25) is 9.59 Å². The van der Waals surface area contributed by atoms with E-state index in [2.05, 4.69) is 58.6 Å². The first kappa shape index (κ1) is 22.9. The Hall–Kier alpha value is -3.32. The van der Waals surface area contributed by atoms with Gasteiger partial charge < -0.3 is 20.1 Å². The molecule has 0 radical (unpaired) electrons. The third kappa shape index (κ3) is 4.73. The molecule has 0 spiro atoms. The zero-order valence-corrected chi connectivity index (χ0v) is 20.4. The Kier molecular flexibility index (Phi) is 6.42. The number of aryl methyl sites for hydroxylation is 2. The van der Waals surface area contributed by atoms with E-state index in [0.717, 1.165) is 32.7 Å². The fourth-order valence-corrected chi connectivity index (χ4v) is 4.21. The summed E-state index contributed by atoms with van der Waals surface area (Å²) in [4.78, 5) is 22.9. The highest BCUT2D eigenvalue weighted by atomic mass is 79.9. The number of hydrogen-bond donors (Lipinski definition) is 2. The van der Waals surface area contributed by atoms with Crippen molar-refractivity contribution >= 4 is 39.1 Å². The summed E-state index contributed by atoms with van der Waals surface area (Å²) in [6, 6.07) is 17.7. The number of anilines is 2. The van der Waals surface area contributed by atoms with Gasteiger partial charge in [0.2, 0.25) is 0 Å². The summed E-state index contributed by atoms with van der Waals surface area (Å²) < 4.78 is 12.1. The lowest BCUT2D eigenvalue weighted by Crippen LogP contribution is -2.34. The predicted molar refractivity (Wildman–Crippen MR) is 133 cm³/mol. The van der Waals surface area contributed by atoms with Crippen LogP contribution in [0.25, 0.3) is 11.1 Å². The maximum atomic E-state index is 11.7. The van der Waals surface area contributed by atoms with Crippen LogP contribution < -0.4 is 20.1 Å². The highest BCUT2D eigenvalue weighted by molar-refractivity contribution is 9.10. The van der Waals surface area contributed by atoms with Gasteiger partial charge >= 0.3 is 0 Å². The number of halogens is 1. The number of hydrogen-bond acceptors (Lipinski definition) is 4. The van der Waals surface area contributed by atoms with Crippen LogP contribution in [0.5, 0.6) is 11.5 Å². The molecular weight excluding hydrogens is 484 g/mol. The third-order valence-electron chi connectivity index (χ3n) is 5.50. The monoisotopic (exact) mass is 508 g/mol. The van der Waals surface area contributed by atoms with Gasteiger partial charge in [-0.15, -0.1) is 0 Å². The van der Waals surface area contributed by atoms with Gasteiger partial charge in [-0.1, -0.05) is 42.0 Å². The van der Waals surface area contributed by atoms with Crippen molar-refractivity contribution in [2.24, 2.45) is 0 Å². The van der Waals surface area contributed by atoms with Crippen LogP contribution in [-0.2, 0) is 9.59 Å². The van der Waals surface area contributed by atoms with Crippen LogP contribution in [0.4, 0.5) is 11.4 Å². The van der Waals surface area contributed by atoms with E-state index in [9.17, 15) is 9.59 Å². The second kappa shape index (κ2) is 9.27. The molecule has 3 aromatic carbocycles. The molecule has 0 saturated carbocycles. The van der Waals surface area contributed by atoms with Crippen LogP contribution in [0.1, 0.15) is 25.0 Å². The van der Waals surface area contributed by atoms with E-state index in [1.54, 1.807) is 13.8 Å². The second-order valence-electron chi connectivity index (χ2n) is 8.12. The van der Waals surface area contributed by atoms with Gasteiger partial charge in [0.15, 0.2) is 23.7 Å². The van der Waals surface area contributed by atoms with Gasteiger partial charge in [-0.25, -0.2) is 0 Å². The number of amides is 2. The standard InChI is InChI=1S/C17H17NO2.C9H8BrNO2/c1-10-7-8-13(11(2)9-10)14-5-4-6-15-16(14)20-12(3)17(19)18-15;1-5-9(12)11-7-4-2-3-6(10)8(7)13-5/h4-9,12H,1-3H3,(H,18,19);2-5H,1H3,(H,11,12). The lowest BCUT2D eigenvalue weighted by Gasteiger charge is -2.26. The minimum atomic E-state index is -0.464. The van der Waals surface area contributed by atoms with Crippen LogP contribution in [0.15, 0.2) is 59.1 Å². The van der Waals surface area contributed by atoms with Crippen molar-refractivity contribution in [1.82, 2.24) is 0 Å². The maximum Gasteiger partial charge on any atom is 0.265 e. The van der Waals surface area contributed by atoms with Crippen molar-refractivity contribution in [2.45, 2.75) is 39.9 Å². The Morgan fingerprint density at radius 1 is 0.758 bits per heavy atom. The fraction of sp³-hybridized carbons (Fsp3) is 0.231. The first-order valence-electron chi connectivity index (χ1n) is 10.7. The van der Waals surface area contributed by atoms with E-state index < -0.39 is 12.2 Å². The number of carbonyl (C=O) groups is 2. The molecule has 2 N–H and O–H groups in total. The molecule has 2 heterocycles. The van der Waals surface area contributed by atoms with E-state index >= 15 is 0 Å². The zero-order chi connectivity index (χ0) is 23.7. The molecule has 5 rings (SSSR count). The number of carbonyl (C=O) groups excluding carboxylic acids is 2. The number of benzene rings is 3. The molecule has 2 aliphatic heterocycles. The van der Waals surface area contributed by atoms with Gasteiger partial charge in [0.25, 0.3) is 11.8 Å². The van der Waals surface area contributed by atoms with Crippen LogP contribution in [-0.4, -0.2) is 24.0 Å². The summed E-state index contributed by atoms with van der Waals surface area (Å²) in [6.07, 6.45) is -0.888. The number of rotatable bonds is 1. The van der Waals surface area contributed by atoms with Crippen LogP contribution in [0, 0.1) is 13.8 Å². The molecule has 2 aliphatic rings. The molecule has 33 heavy (non-hydrogen) atoms. The molecule has 0 bridgehead atoms. The molecule has 2 unspecified atom stereocenters. The second-order valence-corrected chi connectivity index (χ2v) is 8.97. The molecular formula is C26H25BrN2O4. The van der Waals surface area contributed by atoms with Crippen molar-refractivity contribution in [1.29, 1.82) is 0 Å². The summed E-state index contributed by atoms with van der Waals surface area (Å²) in [5.74, 6) is 1.25. The maximum absolute atomic E-state index is 11.7. The molecule has 3 aromatic rings. The summed E-state index contributed by atoms with van der Waals surface area (Å²) in [5.41, 5.74) is 6.05. The highest BCUT2D eigenvalue weighted by Gasteiger charge is 2.26. The van der Waals surface area contributed by atoms with Gasteiger partial charge in [0, 0.05) is 5.56 Å². The first-order chi connectivity index (χ1) is 15.7. The lowest BCUT2D eigenvalue weighted by molar-refractivity contribution is -0.123. The Bertz CT molecular complexity index is 1240. The highest BCUT2D eigenvalue weighted by Crippen LogP contribution is 2.40. The topological polar surface area (TPSA) is 76.7 Å². The van der Waals surface area contributed by atoms with Crippen LogP contribution >= 0.6 is 15.9 Å². The average molecular weight is 509 g/mol. The van der Waals surface area contributed by atoms with Crippen molar-refractivity contribution in [3.05, 3.63) is 70.2 Å². The van der Waals surface area contributed by atoms with E-state index in [0.29, 0.717) is 5.75 Å². The largest absolute Gasteiger partial charge is 0.478 e. The Labute approximate surface area is 201 Å². The summed E-state index contributed by atoms with van der Waals surface area (Å²) in [6.45, 7) is 7.65.